The van der Waals surface area contributed by atoms with Crippen LogP contribution in [0.5, 0.6) is 0 Å². The third-order valence-electron chi connectivity index (χ3n) is 5.38. The van der Waals surface area contributed by atoms with Crippen LogP contribution in [0.1, 0.15) is 48.3 Å². The summed E-state index contributed by atoms with van der Waals surface area (Å²) in [5.41, 5.74) is 1.60. The maximum atomic E-state index is 13.0. The topological polar surface area (TPSA) is 78.1 Å². The Hall–Kier alpha value is -1.40. The van der Waals surface area contributed by atoms with Gasteiger partial charge in [0.1, 0.15) is 5.56 Å². The van der Waals surface area contributed by atoms with Gasteiger partial charge in [-0.15, -0.1) is 12.4 Å². The van der Waals surface area contributed by atoms with Gasteiger partial charge in [-0.3, -0.25) is 9.59 Å². The number of aromatic nitrogens is 2. The molecule has 3 heterocycles. The second kappa shape index (κ2) is 8.12. The first-order valence-electron chi connectivity index (χ1n) is 8.76. The second-order valence-corrected chi connectivity index (χ2v) is 6.61. The Morgan fingerprint density at radius 2 is 1.79 bits per heavy atom. The molecule has 24 heavy (non-hydrogen) atoms. The van der Waals surface area contributed by atoms with Crippen molar-refractivity contribution >= 4 is 18.3 Å². The zero-order valence-electron chi connectivity index (χ0n) is 14.4. The van der Waals surface area contributed by atoms with Gasteiger partial charge in [0.2, 0.25) is 0 Å². The van der Waals surface area contributed by atoms with E-state index in [1.165, 1.54) is 0 Å². The second-order valence-electron chi connectivity index (χ2n) is 6.61. The molecule has 2 saturated heterocycles. The summed E-state index contributed by atoms with van der Waals surface area (Å²) in [6.07, 6.45) is 3.42. The van der Waals surface area contributed by atoms with Crippen molar-refractivity contribution in [1.29, 1.82) is 0 Å². The molecule has 7 heteroatoms. The van der Waals surface area contributed by atoms with Crippen LogP contribution in [0.15, 0.2) is 4.79 Å². The molecule has 1 aromatic heterocycles. The molecule has 0 bridgehead atoms. The largest absolute Gasteiger partial charge is 0.338 e. The first kappa shape index (κ1) is 18.9. The highest BCUT2D eigenvalue weighted by atomic mass is 35.5. The van der Waals surface area contributed by atoms with Crippen LogP contribution in [0.2, 0.25) is 0 Å². The highest BCUT2D eigenvalue weighted by Crippen LogP contribution is 2.27. The number of likely N-dealkylation sites (tertiary alicyclic amines) is 1. The molecule has 0 aliphatic carbocycles. The van der Waals surface area contributed by atoms with Gasteiger partial charge in [0.15, 0.2) is 0 Å². The summed E-state index contributed by atoms with van der Waals surface area (Å²) in [6, 6.07) is 0. The van der Waals surface area contributed by atoms with Crippen LogP contribution in [0.4, 0.5) is 0 Å². The van der Waals surface area contributed by atoms with E-state index in [0.717, 1.165) is 56.7 Å². The van der Waals surface area contributed by atoms with Crippen molar-refractivity contribution in [2.45, 2.75) is 39.5 Å². The van der Waals surface area contributed by atoms with Gasteiger partial charge in [0, 0.05) is 13.1 Å². The quantitative estimate of drug-likeness (QED) is 0.859. The molecule has 0 saturated carbocycles. The van der Waals surface area contributed by atoms with Crippen LogP contribution < -0.4 is 10.9 Å². The van der Waals surface area contributed by atoms with Gasteiger partial charge in [0.05, 0.1) is 5.69 Å². The van der Waals surface area contributed by atoms with Crippen LogP contribution in [-0.2, 0) is 12.8 Å². The predicted octanol–water partition coefficient (Wildman–Crippen LogP) is 1.39. The van der Waals surface area contributed by atoms with Crippen LogP contribution in [0, 0.1) is 11.8 Å². The third kappa shape index (κ3) is 3.49. The van der Waals surface area contributed by atoms with Crippen molar-refractivity contribution in [3.63, 3.8) is 0 Å². The lowest BCUT2D eigenvalue weighted by molar-refractivity contribution is 0.0755. The van der Waals surface area contributed by atoms with Crippen molar-refractivity contribution in [1.82, 2.24) is 20.4 Å². The van der Waals surface area contributed by atoms with Crippen LogP contribution in [0.25, 0.3) is 0 Å². The number of aromatic amines is 1. The molecule has 0 aromatic carbocycles. The lowest BCUT2D eigenvalue weighted by Crippen LogP contribution is -2.37. The van der Waals surface area contributed by atoms with Crippen molar-refractivity contribution in [2.75, 3.05) is 26.2 Å². The van der Waals surface area contributed by atoms with Gasteiger partial charge in [-0.1, -0.05) is 13.8 Å². The van der Waals surface area contributed by atoms with E-state index in [-0.39, 0.29) is 23.9 Å². The first-order chi connectivity index (χ1) is 11.2. The molecule has 2 atom stereocenters. The van der Waals surface area contributed by atoms with Gasteiger partial charge in [-0.05, 0) is 56.2 Å². The van der Waals surface area contributed by atoms with Crippen molar-refractivity contribution in [3.8, 4) is 0 Å². The smallest absolute Gasteiger partial charge is 0.277 e. The van der Waals surface area contributed by atoms with E-state index >= 15 is 0 Å². The molecule has 3 rings (SSSR count). The van der Waals surface area contributed by atoms with Crippen LogP contribution in [-0.4, -0.2) is 47.2 Å². The maximum Gasteiger partial charge on any atom is 0.277 e. The Bertz CT molecular complexity index is 632. The molecule has 1 aromatic rings. The number of fused-ring (bicyclic) bond motifs is 1. The van der Waals surface area contributed by atoms with E-state index in [9.17, 15) is 9.59 Å². The molecule has 1 amide bonds. The SMILES string of the molecule is CCc1n[nH]c(=O)c(C(=O)N2CC[C@@H]3CNC[C@@H]3CC2)c1CC.Cl. The predicted molar refractivity (Wildman–Crippen MR) is 95.8 cm³/mol. The summed E-state index contributed by atoms with van der Waals surface area (Å²) < 4.78 is 0. The number of aryl methyl sites for hydroxylation is 1. The number of carbonyl (C=O) groups is 1. The molecule has 0 spiro atoms. The molecule has 0 unspecified atom stereocenters. The van der Waals surface area contributed by atoms with E-state index in [0.29, 0.717) is 23.8 Å². The fourth-order valence-electron chi connectivity index (χ4n) is 4.00. The summed E-state index contributed by atoms with van der Waals surface area (Å²) in [4.78, 5) is 27.1. The van der Waals surface area contributed by atoms with Crippen molar-refractivity contribution in [2.24, 2.45) is 11.8 Å². The number of nitrogens with one attached hydrogen (secondary N) is 2. The summed E-state index contributed by atoms with van der Waals surface area (Å²) in [5.74, 6) is 1.22. The number of carbonyl (C=O) groups excluding carboxylic acids is 1. The van der Waals surface area contributed by atoms with Crippen molar-refractivity contribution < 1.29 is 4.79 Å². The summed E-state index contributed by atoms with van der Waals surface area (Å²) in [5, 5.41) is 10.1. The van der Waals surface area contributed by atoms with Crippen LogP contribution >= 0.6 is 12.4 Å². The van der Waals surface area contributed by atoms with Gasteiger partial charge >= 0.3 is 0 Å². The minimum atomic E-state index is -0.352. The normalized spacial score (nSPS) is 23.3. The molecule has 134 valence electrons. The van der Waals surface area contributed by atoms with Gasteiger partial charge < -0.3 is 10.2 Å². The minimum absolute atomic E-state index is 0. The highest BCUT2D eigenvalue weighted by Gasteiger charge is 2.33. The Kier molecular flexibility index (Phi) is 6.40. The standard InChI is InChI=1S/C17H26N4O2.ClH/c1-3-13-14(4-2)19-20-16(22)15(13)17(23)21-7-5-11-9-18-10-12(11)6-8-21;/h11-12,18H,3-10H2,1-2H3,(H,20,22);1H/t11-,12+;. The van der Waals surface area contributed by atoms with E-state index in [1.807, 2.05) is 18.7 Å². The highest BCUT2D eigenvalue weighted by molar-refractivity contribution is 5.95. The fraction of sp³-hybridized carbons (Fsp3) is 0.706. The zero-order valence-corrected chi connectivity index (χ0v) is 15.2. The van der Waals surface area contributed by atoms with Gasteiger partial charge in [-0.25, -0.2) is 5.10 Å². The Balaban J connectivity index is 0.00000208. The molecular formula is C17H27ClN4O2. The Labute approximate surface area is 148 Å². The summed E-state index contributed by atoms with van der Waals surface area (Å²) >= 11 is 0. The first-order valence-corrected chi connectivity index (χ1v) is 8.76. The molecule has 2 fully saturated rings. The Morgan fingerprint density at radius 1 is 1.17 bits per heavy atom. The molecule has 2 aliphatic heterocycles. The number of rotatable bonds is 3. The molecular weight excluding hydrogens is 328 g/mol. The average Bonchev–Trinajstić information content (AvgIpc) is 2.92. The average molecular weight is 355 g/mol. The monoisotopic (exact) mass is 354 g/mol. The number of amides is 1. The fourth-order valence-corrected chi connectivity index (χ4v) is 4.00. The molecule has 6 nitrogen and oxygen atoms in total. The zero-order chi connectivity index (χ0) is 16.4. The summed E-state index contributed by atoms with van der Waals surface area (Å²) in [7, 11) is 0. The van der Waals surface area contributed by atoms with Gasteiger partial charge in [-0.2, -0.15) is 5.10 Å². The van der Waals surface area contributed by atoms with E-state index < -0.39 is 0 Å². The molecule has 2 aliphatic rings. The lowest BCUT2D eigenvalue weighted by atomic mass is 9.92. The van der Waals surface area contributed by atoms with Gasteiger partial charge in [0.25, 0.3) is 11.5 Å². The molecule has 0 radical (unpaired) electrons. The number of hydrogen-bond donors (Lipinski definition) is 2. The number of nitrogens with zero attached hydrogens (tertiary/aromatic N) is 2. The molecule has 2 N–H and O–H groups in total. The van der Waals surface area contributed by atoms with E-state index in [1.54, 1.807) is 0 Å². The maximum absolute atomic E-state index is 13.0. The Morgan fingerprint density at radius 3 is 2.33 bits per heavy atom. The number of hydrogen-bond acceptors (Lipinski definition) is 4. The number of halogens is 1. The number of H-pyrrole nitrogens is 1. The minimum Gasteiger partial charge on any atom is -0.338 e. The summed E-state index contributed by atoms with van der Waals surface area (Å²) in [6.45, 7) is 7.58. The van der Waals surface area contributed by atoms with E-state index in [2.05, 4.69) is 15.5 Å². The van der Waals surface area contributed by atoms with E-state index in [4.69, 9.17) is 0 Å². The van der Waals surface area contributed by atoms with Crippen LogP contribution in [0.3, 0.4) is 0 Å². The lowest BCUT2D eigenvalue weighted by Gasteiger charge is -2.22. The third-order valence-corrected chi connectivity index (χ3v) is 5.38. The van der Waals surface area contributed by atoms with Crippen molar-refractivity contribution in [3.05, 3.63) is 27.2 Å².